The Kier molecular flexibility index (Phi) is 3.41. The number of ether oxygens (including phenoxy) is 2. The molecule has 0 unspecified atom stereocenters. The second kappa shape index (κ2) is 5.00. The summed E-state index contributed by atoms with van der Waals surface area (Å²) in [6.45, 7) is 2.05. The van der Waals surface area contributed by atoms with E-state index in [0.29, 0.717) is 11.6 Å². The Hall–Kier alpha value is -2.17. The van der Waals surface area contributed by atoms with Crippen LogP contribution in [0.5, 0.6) is 11.5 Å². The molecule has 0 atom stereocenters. The molecule has 18 heavy (non-hydrogen) atoms. The van der Waals surface area contributed by atoms with Crippen LogP contribution in [0.25, 0.3) is 11.1 Å². The number of nitrogens with zero attached hydrogens (tertiary/aromatic N) is 1. The minimum absolute atomic E-state index is 0.303. The van der Waals surface area contributed by atoms with Gasteiger partial charge in [-0.1, -0.05) is 12.1 Å². The molecule has 0 fully saturated rings. The van der Waals surface area contributed by atoms with Gasteiger partial charge in [0.2, 0.25) is 5.88 Å². The summed E-state index contributed by atoms with van der Waals surface area (Å²) in [6, 6.07) is 3.78. The highest BCUT2D eigenvalue weighted by atomic mass is 16.5. The monoisotopic (exact) mass is 248 g/mol. The van der Waals surface area contributed by atoms with Crippen molar-refractivity contribution < 1.29 is 14.0 Å². The normalized spacial score (nSPS) is 10.4. The van der Waals surface area contributed by atoms with E-state index in [2.05, 4.69) is 5.16 Å². The number of hydrogen-bond acceptors (Lipinski definition) is 5. The Labute approximate surface area is 105 Å². The van der Waals surface area contributed by atoms with Gasteiger partial charge in [-0.05, 0) is 24.1 Å². The zero-order valence-corrected chi connectivity index (χ0v) is 10.7. The lowest BCUT2D eigenvalue weighted by atomic mass is 9.98. The maximum atomic E-state index is 5.76. The van der Waals surface area contributed by atoms with E-state index in [9.17, 15) is 0 Å². The van der Waals surface area contributed by atoms with Crippen LogP contribution >= 0.6 is 0 Å². The molecule has 1 aromatic carbocycles. The first-order chi connectivity index (χ1) is 8.72. The first-order valence-electron chi connectivity index (χ1n) is 5.67. The summed E-state index contributed by atoms with van der Waals surface area (Å²) in [4.78, 5) is 0. The number of rotatable bonds is 4. The van der Waals surface area contributed by atoms with Crippen molar-refractivity contribution in [3.8, 4) is 22.6 Å². The molecule has 5 heteroatoms. The van der Waals surface area contributed by atoms with E-state index in [-0.39, 0.29) is 0 Å². The smallest absolute Gasteiger partial charge is 0.229 e. The predicted molar refractivity (Wildman–Crippen MR) is 68.8 cm³/mol. The van der Waals surface area contributed by atoms with E-state index in [1.807, 2.05) is 19.1 Å². The number of methoxy groups -OCH3 is 2. The zero-order chi connectivity index (χ0) is 13.1. The van der Waals surface area contributed by atoms with Crippen molar-refractivity contribution in [3.63, 3.8) is 0 Å². The highest BCUT2D eigenvalue weighted by molar-refractivity contribution is 5.78. The van der Waals surface area contributed by atoms with Gasteiger partial charge in [0.1, 0.15) is 0 Å². The molecule has 0 saturated heterocycles. The standard InChI is InChI=1S/C13H16N2O3/c1-4-8-9(10-7-15-18-13(10)14)5-6-11(16-2)12(8)17-3/h5-7H,4,14H2,1-3H3. The second-order valence-electron chi connectivity index (χ2n) is 3.78. The Bertz CT molecular complexity index is 549. The van der Waals surface area contributed by atoms with Crippen LogP contribution in [0.2, 0.25) is 0 Å². The third kappa shape index (κ3) is 1.88. The van der Waals surface area contributed by atoms with E-state index in [4.69, 9.17) is 19.7 Å². The fraction of sp³-hybridized carbons (Fsp3) is 0.308. The van der Waals surface area contributed by atoms with E-state index >= 15 is 0 Å². The molecule has 96 valence electrons. The average molecular weight is 248 g/mol. The van der Waals surface area contributed by atoms with Crippen LogP contribution in [0.1, 0.15) is 12.5 Å². The van der Waals surface area contributed by atoms with Gasteiger partial charge in [0, 0.05) is 5.56 Å². The van der Waals surface area contributed by atoms with Crippen LogP contribution in [-0.4, -0.2) is 19.4 Å². The number of anilines is 1. The van der Waals surface area contributed by atoms with Gasteiger partial charge in [-0.25, -0.2) is 0 Å². The summed E-state index contributed by atoms with van der Waals surface area (Å²) >= 11 is 0. The summed E-state index contributed by atoms with van der Waals surface area (Å²) in [6.07, 6.45) is 2.40. The molecule has 2 rings (SSSR count). The first kappa shape index (κ1) is 12.3. The molecule has 0 bridgehead atoms. The topological polar surface area (TPSA) is 70.5 Å². The van der Waals surface area contributed by atoms with E-state index < -0.39 is 0 Å². The minimum atomic E-state index is 0.303. The molecule has 0 aliphatic carbocycles. The molecular weight excluding hydrogens is 232 g/mol. The van der Waals surface area contributed by atoms with Crippen molar-refractivity contribution in [3.05, 3.63) is 23.9 Å². The van der Waals surface area contributed by atoms with Crippen LogP contribution in [0.3, 0.4) is 0 Å². The average Bonchev–Trinajstić information content (AvgIpc) is 2.82. The zero-order valence-electron chi connectivity index (χ0n) is 10.7. The Morgan fingerprint density at radius 2 is 2.00 bits per heavy atom. The first-order valence-corrected chi connectivity index (χ1v) is 5.67. The Balaban J connectivity index is 2.66. The molecule has 0 amide bonds. The lowest BCUT2D eigenvalue weighted by Gasteiger charge is -2.15. The summed E-state index contributed by atoms with van der Waals surface area (Å²) < 4.78 is 15.6. The fourth-order valence-electron chi connectivity index (χ4n) is 2.05. The van der Waals surface area contributed by atoms with Crippen molar-refractivity contribution in [2.45, 2.75) is 13.3 Å². The van der Waals surface area contributed by atoms with Crippen LogP contribution < -0.4 is 15.2 Å². The third-order valence-corrected chi connectivity index (χ3v) is 2.89. The number of benzene rings is 1. The molecule has 0 aliphatic rings. The summed E-state index contributed by atoms with van der Waals surface area (Å²) in [7, 11) is 3.24. The van der Waals surface area contributed by atoms with Crippen LogP contribution in [0.15, 0.2) is 22.9 Å². The van der Waals surface area contributed by atoms with Crippen molar-refractivity contribution >= 4 is 5.88 Å². The molecule has 0 aliphatic heterocycles. The molecule has 0 radical (unpaired) electrons. The molecule has 2 N–H and O–H groups in total. The number of nitrogen functional groups attached to an aromatic ring is 1. The maximum Gasteiger partial charge on any atom is 0.229 e. The van der Waals surface area contributed by atoms with E-state index in [0.717, 1.165) is 28.9 Å². The van der Waals surface area contributed by atoms with Gasteiger partial charge in [0.25, 0.3) is 0 Å². The van der Waals surface area contributed by atoms with Gasteiger partial charge in [-0.15, -0.1) is 0 Å². The largest absolute Gasteiger partial charge is 0.493 e. The summed E-state index contributed by atoms with van der Waals surface area (Å²) in [5.74, 6) is 1.73. The van der Waals surface area contributed by atoms with E-state index in [1.54, 1.807) is 20.4 Å². The van der Waals surface area contributed by atoms with Gasteiger partial charge in [0.05, 0.1) is 26.0 Å². The van der Waals surface area contributed by atoms with Crippen molar-refractivity contribution in [2.75, 3.05) is 20.0 Å². The highest BCUT2D eigenvalue weighted by Gasteiger charge is 2.17. The van der Waals surface area contributed by atoms with Gasteiger partial charge < -0.3 is 19.7 Å². The summed E-state index contributed by atoms with van der Waals surface area (Å²) in [5, 5.41) is 3.70. The number of aromatic nitrogens is 1. The minimum Gasteiger partial charge on any atom is -0.493 e. The molecule has 1 aromatic heterocycles. The highest BCUT2D eigenvalue weighted by Crippen LogP contribution is 2.39. The quantitative estimate of drug-likeness (QED) is 0.900. The molecular formula is C13H16N2O3. The molecule has 0 saturated carbocycles. The van der Waals surface area contributed by atoms with Crippen molar-refractivity contribution in [1.82, 2.24) is 5.16 Å². The van der Waals surface area contributed by atoms with Crippen molar-refractivity contribution in [1.29, 1.82) is 0 Å². The van der Waals surface area contributed by atoms with Crippen LogP contribution in [0, 0.1) is 0 Å². The third-order valence-electron chi connectivity index (χ3n) is 2.89. The molecule has 1 heterocycles. The van der Waals surface area contributed by atoms with Gasteiger partial charge in [0.15, 0.2) is 11.5 Å². The lowest BCUT2D eigenvalue weighted by Crippen LogP contribution is -1.98. The Morgan fingerprint density at radius 3 is 2.50 bits per heavy atom. The van der Waals surface area contributed by atoms with Crippen LogP contribution in [0.4, 0.5) is 5.88 Å². The van der Waals surface area contributed by atoms with Gasteiger partial charge in [-0.3, -0.25) is 0 Å². The van der Waals surface area contributed by atoms with E-state index in [1.165, 1.54) is 0 Å². The maximum absolute atomic E-state index is 5.76. The second-order valence-corrected chi connectivity index (χ2v) is 3.78. The summed E-state index contributed by atoms with van der Waals surface area (Å²) in [5.41, 5.74) is 8.50. The molecule has 0 spiro atoms. The number of nitrogens with two attached hydrogens (primary N) is 1. The number of hydrogen-bond donors (Lipinski definition) is 1. The SMILES string of the molecule is CCc1c(-c2cnoc2N)ccc(OC)c1OC. The van der Waals surface area contributed by atoms with Gasteiger partial charge >= 0.3 is 0 Å². The predicted octanol–water partition coefficient (Wildman–Crippen LogP) is 2.50. The fourth-order valence-corrected chi connectivity index (χ4v) is 2.05. The van der Waals surface area contributed by atoms with Gasteiger partial charge in [-0.2, -0.15) is 0 Å². The lowest BCUT2D eigenvalue weighted by molar-refractivity contribution is 0.352. The molecule has 5 nitrogen and oxygen atoms in total. The Morgan fingerprint density at radius 1 is 1.22 bits per heavy atom. The van der Waals surface area contributed by atoms with Crippen LogP contribution in [-0.2, 0) is 6.42 Å². The van der Waals surface area contributed by atoms with Crippen molar-refractivity contribution in [2.24, 2.45) is 0 Å². The molecule has 2 aromatic rings.